The Morgan fingerprint density at radius 1 is 1.09 bits per heavy atom. The van der Waals surface area contributed by atoms with E-state index in [0.29, 0.717) is 30.7 Å². The molecule has 0 bridgehead atoms. The lowest BCUT2D eigenvalue weighted by Gasteiger charge is -2.33. The summed E-state index contributed by atoms with van der Waals surface area (Å²) in [5, 5.41) is 11.2. The topological polar surface area (TPSA) is 78.4 Å². The predicted octanol–water partition coefficient (Wildman–Crippen LogP) is 4.08. The van der Waals surface area contributed by atoms with Gasteiger partial charge < -0.3 is 15.1 Å². The van der Waals surface area contributed by atoms with Gasteiger partial charge in [-0.3, -0.25) is 9.59 Å². The van der Waals surface area contributed by atoms with E-state index >= 15 is 0 Å². The van der Waals surface area contributed by atoms with Crippen molar-refractivity contribution in [2.45, 2.75) is 51.9 Å². The van der Waals surface area contributed by atoms with Crippen molar-refractivity contribution in [3.63, 3.8) is 0 Å². The number of hydrogen-bond acceptors (Lipinski definition) is 5. The Kier molecular flexibility index (Phi) is 7.57. The van der Waals surface area contributed by atoms with Crippen molar-refractivity contribution in [2.24, 2.45) is 11.8 Å². The van der Waals surface area contributed by atoms with Crippen LogP contribution >= 0.6 is 0 Å². The van der Waals surface area contributed by atoms with Crippen LogP contribution in [0.2, 0.25) is 0 Å². The molecule has 7 nitrogen and oxygen atoms in total. The number of rotatable bonds is 7. The molecule has 2 saturated heterocycles. The fourth-order valence-electron chi connectivity index (χ4n) is 4.76. The fourth-order valence-corrected chi connectivity index (χ4v) is 4.76. The standard InChI is InChI=1S/C26H35N5O2/c1-3-19(2)17-25(32)30-14-10-21(11-15-30)20-6-8-23(9-7-20)28-26(33)22-12-16-31(18-22)24-5-4-13-27-29-24/h4-9,13,19,21-22H,3,10-12,14-18H2,1-2H3,(H,28,33)/t19?,22-/m0/s1. The van der Waals surface area contributed by atoms with Gasteiger partial charge in [-0.25, -0.2) is 0 Å². The minimum absolute atomic E-state index is 0.0519. The second-order valence-electron chi connectivity index (χ2n) is 9.50. The number of carbonyl (C=O) groups is 2. The molecule has 2 aromatic rings. The summed E-state index contributed by atoms with van der Waals surface area (Å²) in [6, 6.07) is 12.0. The summed E-state index contributed by atoms with van der Waals surface area (Å²) in [6.45, 7) is 7.43. The lowest BCUT2D eigenvalue weighted by Crippen LogP contribution is -2.38. The molecule has 1 unspecified atom stereocenters. The molecule has 176 valence electrons. The van der Waals surface area contributed by atoms with E-state index in [1.165, 1.54) is 5.56 Å². The van der Waals surface area contributed by atoms with Crippen LogP contribution in [0.1, 0.15) is 57.4 Å². The van der Waals surface area contributed by atoms with Crippen LogP contribution in [0.25, 0.3) is 0 Å². The van der Waals surface area contributed by atoms with Gasteiger partial charge in [-0.2, -0.15) is 5.10 Å². The Bertz CT molecular complexity index is 925. The van der Waals surface area contributed by atoms with E-state index in [0.717, 1.165) is 56.8 Å². The molecule has 0 saturated carbocycles. The Morgan fingerprint density at radius 2 is 1.85 bits per heavy atom. The van der Waals surface area contributed by atoms with Crippen LogP contribution in [0, 0.1) is 11.8 Å². The number of anilines is 2. The summed E-state index contributed by atoms with van der Waals surface area (Å²) in [4.78, 5) is 29.4. The molecule has 1 aromatic heterocycles. The summed E-state index contributed by atoms with van der Waals surface area (Å²) < 4.78 is 0. The highest BCUT2D eigenvalue weighted by Gasteiger charge is 2.29. The number of amides is 2. The average Bonchev–Trinajstić information content (AvgIpc) is 3.36. The van der Waals surface area contributed by atoms with E-state index in [-0.39, 0.29) is 11.8 Å². The third-order valence-corrected chi connectivity index (χ3v) is 7.16. The third kappa shape index (κ3) is 5.89. The molecular weight excluding hydrogens is 414 g/mol. The molecular formula is C26H35N5O2. The van der Waals surface area contributed by atoms with E-state index in [9.17, 15) is 9.59 Å². The summed E-state index contributed by atoms with van der Waals surface area (Å²) in [7, 11) is 0. The summed E-state index contributed by atoms with van der Waals surface area (Å²) in [5.41, 5.74) is 2.12. The quantitative estimate of drug-likeness (QED) is 0.689. The third-order valence-electron chi connectivity index (χ3n) is 7.16. The van der Waals surface area contributed by atoms with Crippen LogP contribution in [0.4, 0.5) is 11.5 Å². The predicted molar refractivity (Wildman–Crippen MR) is 130 cm³/mol. The van der Waals surface area contributed by atoms with Crippen molar-refractivity contribution in [1.82, 2.24) is 15.1 Å². The molecule has 0 aliphatic carbocycles. The van der Waals surface area contributed by atoms with Crippen LogP contribution in [0.5, 0.6) is 0 Å². The Morgan fingerprint density at radius 3 is 2.52 bits per heavy atom. The summed E-state index contributed by atoms with van der Waals surface area (Å²) in [6.07, 6.45) is 6.18. The maximum atomic E-state index is 12.8. The molecule has 7 heteroatoms. The van der Waals surface area contributed by atoms with E-state index in [4.69, 9.17) is 0 Å². The van der Waals surface area contributed by atoms with Crippen LogP contribution in [0.3, 0.4) is 0 Å². The first-order valence-electron chi connectivity index (χ1n) is 12.2. The summed E-state index contributed by atoms with van der Waals surface area (Å²) in [5.74, 6) is 2.05. The number of likely N-dealkylation sites (tertiary alicyclic amines) is 1. The van der Waals surface area contributed by atoms with Crippen molar-refractivity contribution >= 4 is 23.3 Å². The zero-order valence-corrected chi connectivity index (χ0v) is 19.7. The normalized spacial score (nSPS) is 20.0. The zero-order valence-electron chi connectivity index (χ0n) is 19.7. The number of aromatic nitrogens is 2. The number of nitrogens with one attached hydrogen (secondary N) is 1. The van der Waals surface area contributed by atoms with Gasteiger partial charge in [0.2, 0.25) is 11.8 Å². The minimum atomic E-state index is -0.0519. The minimum Gasteiger partial charge on any atom is -0.354 e. The van der Waals surface area contributed by atoms with Crippen LogP contribution in [-0.2, 0) is 9.59 Å². The van der Waals surface area contributed by atoms with Crippen molar-refractivity contribution < 1.29 is 9.59 Å². The van der Waals surface area contributed by atoms with Crippen molar-refractivity contribution in [1.29, 1.82) is 0 Å². The van der Waals surface area contributed by atoms with E-state index in [1.54, 1.807) is 6.20 Å². The molecule has 3 heterocycles. The molecule has 4 rings (SSSR count). The second-order valence-corrected chi connectivity index (χ2v) is 9.50. The lowest BCUT2D eigenvalue weighted by molar-refractivity contribution is -0.133. The van der Waals surface area contributed by atoms with Crippen molar-refractivity contribution in [3.8, 4) is 0 Å². The Balaban J connectivity index is 1.25. The first-order chi connectivity index (χ1) is 16.0. The van der Waals surface area contributed by atoms with Crippen LogP contribution in [0.15, 0.2) is 42.6 Å². The van der Waals surface area contributed by atoms with Gasteiger partial charge >= 0.3 is 0 Å². The number of nitrogens with zero attached hydrogens (tertiary/aromatic N) is 4. The van der Waals surface area contributed by atoms with Crippen molar-refractivity contribution in [2.75, 3.05) is 36.4 Å². The first kappa shape index (κ1) is 23.2. The molecule has 2 amide bonds. The molecule has 2 aliphatic heterocycles. The van der Waals surface area contributed by atoms with Gasteiger partial charge in [-0.05, 0) is 60.9 Å². The van der Waals surface area contributed by atoms with Gasteiger partial charge in [0.05, 0.1) is 5.92 Å². The van der Waals surface area contributed by atoms with Gasteiger partial charge in [0.1, 0.15) is 0 Å². The number of hydrogen-bond donors (Lipinski definition) is 1. The van der Waals surface area contributed by atoms with Crippen molar-refractivity contribution in [3.05, 3.63) is 48.2 Å². The molecule has 1 N–H and O–H groups in total. The lowest BCUT2D eigenvalue weighted by atomic mass is 9.89. The van der Waals surface area contributed by atoms with Gasteiger partial charge in [-0.1, -0.05) is 32.4 Å². The van der Waals surface area contributed by atoms with Crippen LogP contribution in [-0.4, -0.2) is 53.1 Å². The second kappa shape index (κ2) is 10.8. The Hall–Kier alpha value is -2.96. The highest BCUT2D eigenvalue weighted by atomic mass is 16.2. The SMILES string of the molecule is CCC(C)CC(=O)N1CCC(c2ccc(NC(=O)[C@H]3CCN(c4cccnn4)C3)cc2)CC1. The molecule has 1 aromatic carbocycles. The largest absolute Gasteiger partial charge is 0.354 e. The van der Waals surface area contributed by atoms with E-state index in [1.807, 2.05) is 29.2 Å². The highest BCUT2D eigenvalue weighted by Crippen LogP contribution is 2.30. The van der Waals surface area contributed by atoms with Gasteiger partial charge in [-0.15, -0.1) is 5.10 Å². The van der Waals surface area contributed by atoms with Gasteiger partial charge in [0.25, 0.3) is 0 Å². The Labute approximate surface area is 196 Å². The highest BCUT2D eigenvalue weighted by molar-refractivity contribution is 5.93. The molecule has 2 aliphatic rings. The molecule has 0 radical (unpaired) electrons. The zero-order chi connectivity index (χ0) is 23.2. The average molecular weight is 450 g/mol. The van der Waals surface area contributed by atoms with Gasteiger partial charge in [0, 0.05) is 44.5 Å². The van der Waals surface area contributed by atoms with E-state index < -0.39 is 0 Å². The monoisotopic (exact) mass is 449 g/mol. The number of carbonyl (C=O) groups excluding carboxylic acids is 2. The molecule has 2 fully saturated rings. The first-order valence-corrected chi connectivity index (χ1v) is 12.2. The summed E-state index contributed by atoms with van der Waals surface area (Å²) >= 11 is 0. The maximum absolute atomic E-state index is 12.8. The number of benzene rings is 1. The molecule has 2 atom stereocenters. The smallest absolute Gasteiger partial charge is 0.229 e. The van der Waals surface area contributed by atoms with Crippen LogP contribution < -0.4 is 10.2 Å². The molecule has 33 heavy (non-hydrogen) atoms. The van der Waals surface area contributed by atoms with E-state index in [2.05, 4.69) is 46.4 Å². The molecule has 0 spiro atoms. The number of piperidine rings is 1. The van der Waals surface area contributed by atoms with Gasteiger partial charge in [0.15, 0.2) is 5.82 Å². The fraction of sp³-hybridized carbons (Fsp3) is 0.538. The maximum Gasteiger partial charge on any atom is 0.229 e.